The maximum Gasteiger partial charge on any atom is 0.323 e. The largest absolute Gasteiger partial charge is 0.497 e. The summed E-state index contributed by atoms with van der Waals surface area (Å²) in [7, 11) is 1.54. The third-order valence-electron chi connectivity index (χ3n) is 2.99. The van der Waals surface area contributed by atoms with E-state index in [0.29, 0.717) is 36.6 Å². The number of ether oxygens (including phenoxy) is 2. The molecule has 6 heteroatoms. The van der Waals surface area contributed by atoms with Crippen LogP contribution in [0.3, 0.4) is 0 Å². The molecule has 1 aromatic carbocycles. The van der Waals surface area contributed by atoms with Crippen LogP contribution in [0.2, 0.25) is 0 Å². The highest BCUT2D eigenvalue weighted by molar-refractivity contribution is 5.98. The summed E-state index contributed by atoms with van der Waals surface area (Å²) in [5.74, 6) is -0.384. The summed E-state index contributed by atoms with van der Waals surface area (Å²) in [6.45, 7) is 4.39. The molecule has 0 radical (unpaired) electrons. The van der Waals surface area contributed by atoms with Crippen molar-refractivity contribution >= 4 is 11.9 Å². The molecule has 1 amide bonds. The number of hydrogen-bond acceptors (Lipinski definition) is 4. The Morgan fingerprint density at radius 3 is 2.50 bits per heavy atom. The number of benzene rings is 1. The van der Waals surface area contributed by atoms with Gasteiger partial charge in [0.25, 0.3) is 5.91 Å². The van der Waals surface area contributed by atoms with E-state index in [-0.39, 0.29) is 12.5 Å². The van der Waals surface area contributed by atoms with Crippen molar-refractivity contribution in [1.82, 2.24) is 4.90 Å². The molecule has 1 aromatic rings. The Hall–Kier alpha value is -2.24. The van der Waals surface area contributed by atoms with Gasteiger partial charge in [-0.2, -0.15) is 0 Å². The average molecular weight is 309 g/mol. The van der Waals surface area contributed by atoms with Crippen molar-refractivity contribution in [3.8, 4) is 11.5 Å². The van der Waals surface area contributed by atoms with Gasteiger partial charge >= 0.3 is 5.97 Å². The van der Waals surface area contributed by atoms with Crippen molar-refractivity contribution in [1.29, 1.82) is 0 Å². The molecule has 0 aliphatic rings. The van der Waals surface area contributed by atoms with Gasteiger partial charge in [0.1, 0.15) is 18.0 Å². The topological polar surface area (TPSA) is 76.1 Å². The summed E-state index contributed by atoms with van der Waals surface area (Å²) in [4.78, 5) is 24.8. The Kier molecular flexibility index (Phi) is 7.22. The lowest BCUT2D eigenvalue weighted by molar-refractivity contribution is -0.137. The normalized spacial score (nSPS) is 10.1. The van der Waals surface area contributed by atoms with E-state index in [9.17, 15) is 9.59 Å². The van der Waals surface area contributed by atoms with E-state index in [2.05, 4.69) is 0 Å². The second-order valence-electron chi connectivity index (χ2n) is 4.83. The zero-order valence-corrected chi connectivity index (χ0v) is 13.3. The molecule has 1 rings (SSSR count). The van der Waals surface area contributed by atoms with Gasteiger partial charge in [-0.1, -0.05) is 13.8 Å². The van der Waals surface area contributed by atoms with E-state index in [1.165, 1.54) is 12.0 Å². The summed E-state index contributed by atoms with van der Waals surface area (Å²) in [6, 6.07) is 4.92. The third-order valence-corrected chi connectivity index (χ3v) is 2.99. The number of nitrogens with zero attached hydrogens (tertiary/aromatic N) is 1. The van der Waals surface area contributed by atoms with Crippen LogP contribution in [0.25, 0.3) is 0 Å². The first kappa shape index (κ1) is 17.8. The minimum Gasteiger partial charge on any atom is -0.497 e. The Morgan fingerprint density at radius 2 is 1.95 bits per heavy atom. The maximum atomic E-state index is 12.6. The molecule has 0 spiro atoms. The van der Waals surface area contributed by atoms with Crippen LogP contribution in [0.4, 0.5) is 0 Å². The van der Waals surface area contributed by atoms with Crippen LogP contribution >= 0.6 is 0 Å². The lowest BCUT2D eigenvalue weighted by Crippen LogP contribution is -2.36. The van der Waals surface area contributed by atoms with E-state index in [0.717, 1.165) is 6.42 Å². The zero-order valence-electron chi connectivity index (χ0n) is 13.3. The molecule has 1 N–H and O–H groups in total. The number of carbonyl (C=O) groups excluding carboxylic acids is 1. The van der Waals surface area contributed by atoms with Gasteiger partial charge in [0.2, 0.25) is 0 Å². The fourth-order valence-electron chi connectivity index (χ4n) is 1.99. The first-order valence-corrected chi connectivity index (χ1v) is 7.35. The number of carbonyl (C=O) groups is 2. The molecule has 0 aliphatic carbocycles. The molecule has 122 valence electrons. The first-order chi connectivity index (χ1) is 10.5. The third kappa shape index (κ3) is 4.95. The molecular formula is C16H23NO5. The molecule has 0 atom stereocenters. The molecule has 22 heavy (non-hydrogen) atoms. The minimum atomic E-state index is -1.04. The molecule has 0 fully saturated rings. The molecule has 0 saturated carbocycles. The highest BCUT2D eigenvalue weighted by Crippen LogP contribution is 2.26. The Labute approximate surface area is 130 Å². The summed E-state index contributed by atoms with van der Waals surface area (Å²) in [5, 5.41) is 8.95. The van der Waals surface area contributed by atoms with Crippen LogP contribution in [-0.2, 0) is 4.79 Å². The summed E-state index contributed by atoms with van der Waals surface area (Å²) < 4.78 is 10.8. The SMILES string of the molecule is CCCOc1cc(OC)ccc1C(=O)N(CCC)CC(=O)O. The van der Waals surface area contributed by atoms with Crippen LogP contribution in [0.15, 0.2) is 18.2 Å². The van der Waals surface area contributed by atoms with Gasteiger partial charge in [0.15, 0.2) is 0 Å². The number of rotatable bonds is 9. The van der Waals surface area contributed by atoms with E-state index >= 15 is 0 Å². The van der Waals surface area contributed by atoms with Crippen molar-refractivity contribution in [2.24, 2.45) is 0 Å². The van der Waals surface area contributed by atoms with Crippen molar-refractivity contribution in [2.45, 2.75) is 26.7 Å². The molecule has 0 aromatic heterocycles. The van der Waals surface area contributed by atoms with Gasteiger partial charge in [-0.3, -0.25) is 9.59 Å². The van der Waals surface area contributed by atoms with Crippen LogP contribution in [0.1, 0.15) is 37.0 Å². The standard InChI is InChI=1S/C16H23NO5/c1-4-8-17(11-15(18)19)16(20)13-7-6-12(21-3)10-14(13)22-9-5-2/h6-7,10H,4-5,8-9,11H2,1-3H3,(H,18,19). The lowest BCUT2D eigenvalue weighted by Gasteiger charge is -2.21. The van der Waals surface area contributed by atoms with Crippen LogP contribution < -0.4 is 9.47 Å². The van der Waals surface area contributed by atoms with E-state index in [1.54, 1.807) is 18.2 Å². The van der Waals surface area contributed by atoms with Gasteiger partial charge in [0, 0.05) is 12.6 Å². The lowest BCUT2D eigenvalue weighted by atomic mass is 10.1. The second-order valence-corrected chi connectivity index (χ2v) is 4.83. The molecule has 0 aliphatic heterocycles. The Bertz CT molecular complexity index is 515. The monoisotopic (exact) mass is 309 g/mol. The highest BCUT2D eigenvalue weighted by Gasteiger charge is 2.21. The van der Waals surface area contributed by atoms with Crippen molar-refractivity contribution in [3.05, 3.63) is 23.8 Å². The number of amides is 1. The van der Waals surface area contributed by atoms with Gasteiger partial charge in [0.05, 0.1) is 19.3 Å². The van der Waals surface area contributed by atoms with Crippen LogP contribution in [0, 0.1) is 0 Å². The van der Waals surface area contributed by atoms with Gasteiger partial charge in [-0.15, -0.1) is 0 Å². The number of hydrogen-bond donors (Lipinski definition) is 1. The second kappa shape index (κ2) is 8.92. The van der Waals surface area contributed by atoms with Crippen LogP contribution in [-0.4, -0.2) is 48.7 Å². The summed E-state index contributed by atoms with van der Waals surface area (Å²) >= 11 is 0. The maximum absolute atomic E-state index is 12.6. The van der Waals surface area contributed by atoms with E-state index in [4.69, 9.17) is 14.6 Å². The zero-order chi connectivity index (χ0) is 16.5. The highest BCUT2D eigenvalue weighted by atomic mass is 16.5. The predicted molar refractivity (Wildman–Crippen MR) is 82.6 cm³/mol. The van der Waals surface area contributed by atoms with Gasteiger partial charge in [-0.25, -0.2) is 0 Å². The molecule has 6 nitrogen and oxygen atoms in total. The first-order valence-electron chi connectivity index (χ1n) is 7.35. The van der Waals surface area contributed by atoms with Crippen molar-refractivity contribution in [3.63, 3.8) is 0 Å². The van der Waals surface area contributed by atoms with E-state index < -0.39 is 5.97 Å². The molecule has 0 saturated heterocycles. The fraction of sp³-hybridized carbons (Fsp3) is 0.500. The minimum absolute atomic E-state index is 0.327. The van der Waals surface area contributed by atoms with Gasteiger partial charge < -0.3 is 19.5 Å². The molecular weight excluding hydrogens is 286 g/mol. The fourth-order valence-corrected chi connectivity index (χ4v) is 1.99. The predicted octanol–water partition coefficient (Wildman–Crippen LogP) is 2.42. The Balaban J connectivity index is 3.09. The van der Waals surface area contributed by atoms with E-state index in [1.807, 2.05) is 13.8 Å². The smallest absolute Gasteiger partial charge is 0.323 e. The Morgan fingerprint density at radius 1 is 1.23 bits per heavy atom. The number of carboxylic acids is 1. The van der Waals surface area contributed by atoms with Gasteiger partial charge in [-0.05, 0) is 25.0 Å². The molecule has 0 bridgehead atoms. The number of carboxylic acid groups (broad SMARTS) is 1. The van der Waals surface area contributed by atoms with Crippen LogP contribution in [0.5, 0.6) is 11.5 Å². The van der Waals surface area contributed by atoms with Crippen molar-refractivity contribution < 1.29 is 24.2 Å². The number of methoxy groups -OCH3 is 1. The average Bonchev–Trinajstić information content (AvgIpc) is 2.51. The van der Waals surface area contributed by atoms with Crippen molar-refractivity contribution in [2.75, 3.05) is 26.8 Å². The quantitative estimate of drug-likeness (QED) is 0.758. The summed E-state index contributed by atoms with van der Waals surface area (Å²) in [5.41, 5.74) is 0.351. The molecule has 0 unspecified atom stereocenters. The summed E-state index contributed by atoms with van der Waals surface area (Å²) in [6.07, 6.45) is 1.49. The molecule has 0 heterocycles. The number of aliphatic carboxylic acids is 1.